The summed E-state index contributed by atoms with van der Waals surface area (Å²) in [4.78, 5) is 14.6. The van der Waals surface area contributed by atoms with Crippen LogP contribution in [-0.2, 0) is 4.79 Å². The number of hydrogen-bond acceptors (Lipinski definition) is 5. The van der Waals surface area contributed by atoms with Crippen LogP contribution in [0.25, 0.3) is 0 Å². The Balaban J connectivity index is 1.58. The minimum Gasteiger partial charge on any atom is -0.339 e. The van der Waals surface area contributed by atoms with Crippen LogP contribution in [0.15, 0.2) is 9.85 Å². The van der Waals surface area contributed by atoms with Crippen LogP contribution in [0.4, 0.5) is 0 Å². The zero-order valence-corrected chi connectivity index (χ0v) is 12.6. The monoisotopic (exact) mass is 297 g/mol. The third-order valence-electron chi connectivity index (χ3n) is 4.22. The normalized spacial score (nSPS) is 27.1. The third-order valence-corrected chi connectivity index (χ3v) is 6.07. The molecule has 1 aliphatic carbocycles. The molecule has 6 heteroatoms. The molecule has 0 radical (unpaired) electrons. The molecule has 104 valence electrons. The molecule has 2 unspecified atom stereocenters. The lowest BCUT2D eigenvalue weighted by Gasteiger charge is -2.44. The highest BCUT2D eigenvalue weighted by atomic mass is 32.2. The summed E-state index contributed by atoms with van der Waals surface area (Å²) >= 11 is 3.03. The molecule has 4 nitrogen and oxygen atoms in total. The summed E-state index contributed by atoms with van der Waals surface area (Å²) in [7, 11) is 0. The standard InChI is InChI=1S/C13H19N3OS2/c17-12(8-18-13-15-14-9-19-13)16-7-3-5-10-4-1-2-6-11(10)16/h9-11H,1-8H2. The molecule has 1 saturated heterocycles. The number of carbonyl (C=O) groups is 1. The van der Waals surface area contributed by atoms with Crippen LogP contribution in [0.3, 0.4) is 0 Å². The maximum absolute atomic E-state index is 12.4. The van der Waals surface area contributed by atoms with Crippen molar-refractivity contribution in [1.82, 2.24) is 15.1 Å². The van der Waals surface area contributed by atoms with Crippen molar-refractivity contribution in [3.63, 3.8) is 0 Å². The molecule has 1 amide bonds. The number of likely N-dealkylation sites (tertiary alicyclic amines) is 1. The molecule has 2 fully saturated rings. The molecule has 2 atom stereocenters. The summed E-state index contributed by atoms with van der Waals surface area (Å²) in [5, 5.41) is 7.78. The maximum atomic E-state index is 12.4. The summed E-state index contributed by atoms with van der Waals surface area (Å²) in [5.74, 6) is 1.56. The highest BCUT2D eigenvalue weighted by molar-refractivity contribution is 8.01. The molecule has 0 bridgehead atoms. The smallest absolute Gasteiger partial charge is 0.233 e. The van der Waals surface area contributed by atoms with Crippen molar-refractivity contribution in [2.24, 2.45) is 5.92 Å². The van der Waals surface area contributed by atoms with E-state index in [9.17, 15) is 4.79 Å². The Labute approximate surface area is 122 Å². The van der Waals surface area contributed by atoms with E-state index in [4.69, 9.17) is 0 Å². The molecule has 1 aromatic heterocycles. The number of hydrogen-bond donors (Lipinski definition) is 0. The molecule has 2 heterocycles. The van der Waals surface area contributed by atoms with Crippen LogP contribution >= 0.6 is 23.1 Å². The quantitative estimate of drug-likeness (QED) is 0.805. The molecule has 0 spiro atoms. The van der Waals surface area contributed by atoms with E-state index in [0.29, 0.717) is 11.8 Å². The van der Waals surface area contributed by atoms with Crippen molar-refractivity contribution in [3.05, 3.63) is 5.51 Å². The molecule has 1 aliphatic heterocycles. The van der Waals surface area contributed by atoms with Crippen molar-refractivity contribution < 1.29 is 4.79 Å². The van der Waals surface area contributed by atoms with Gasteiger partial charge in [-0.25, -0.2) is 0 Å². The Morgan fingerprint density at radius 3 is 3.05 bits per heavy atom. The number of rotatable bonds is 3. The molecule has 19 heavy (non-hydrogen) atoms. The van der Waals surface area contributed by atoms with Gasteiger partial charge in [0, 0.05) is 12.6 Å². The third kappa shape index (κ3) is 3.11. The van der Waals surface area contributed by atoms with Crippen molar-refractivity contribution in [1.29, 1.82) is 0 Å². The van der Waals surface area contributed by atoms with E-state index in [1.165, 1.54) is 61.6 Å². The lowest BCUT2D eigenvalue weighted by molar-refractivity contribution is -0.134. The first-order valence-electron chi connectivity index (χ1n) is 7.03. The van der Waals surface area contributed by atoms with Gasteiger partial charge in [0.05, 0.1) is 5.75 Å². The number of amides is 1. The van der Waals surface area contributed by atoms with E-state index in [0.717, 1.165) is 16.8 Å². The molecular formula is C13H19N3OS2. The molecule has 2 aliphatic rings. The second-order valence-corrected chi connectivity index (χ2v) is 7.39. The predicted molar refractivity (Wildman–Crippen MR) is 77.3 cm³/mol. The minimum atomic E-state index is 0.289. The predicted octanol–water partition coefficient (Wildman–Crippen LogP) is 2.81. The highest BCUT2D eigenvalue weighted by Gasteiger charge is 2.35. The first kappa shape index (κ1) is 13.4. The van der Waals surface area contributed by atoms with Crippen molar-refractivity contribution in [2.75, 3.05) is 12.3 Å². The van der Waals surface area contributed by atoms with Crippen molar-refractivity contribution >= 4 is 29.0 Å². The van der Waals surface area contributed by atoms with Gasteiger partial charge in [-0.05, 0) is 31.6 Å². The summed E-state index contributed by atoms with van der Waals surface area (Å²) in [5.41, 5.74) is 1.71. The Hall–Kier alpha value is -0.620. The van der Waals surface area contributed by atoms with Crippen LogP contribution in [0, 0.1) is 5.92 Å². The number of nitrogens with zero attached hydrogens (tertiary/aromatic N) is 3. The van der Waals surface area contributed by atoms with Gasteiger partial charge in [-0.2, -0.15) is 0 Å². The van der Waals surface area contributed by atoms with E-state index >= 15 is 0 Å². The molecule has 1 aromatic rings. The average Bonchev–Trinajstić information content (AvgIpc) is 2.97. The summed E-state index contributed by atoms with van der Waals surface area (Å²) in [6.45, 7) is 0.955. The van der Waals surface area contributed by atoms with Gasteiger partial charge in [-0.3, -0.25) is 4.79 Å². The number of carbonyl (C=O) groups excluding carboxylic acids is 1. The van der Waals surface area contributed by atoms with Crippen LogP contribution in [0.5, 0.6) is 0 Å². The van der Waals surface area contributed by atoms with Crippen LogP contribution in [-0.4, -0.2) is 39.3 Å². The zero-order valence-electron chi connectivity index (χ0n) is 11.0. The lowest BCUT2D eigenvalue weighted by atomic mass is 9.78. The first-order valence-corrected chi connectivity index (χ1v) is 8.89. The van der Waals surface area contributed by atoms with Gasteiger partial charge in [0.2, 0.25) is 5.91 Å². The maximum Gasteiger partial charge on any atom is 0.233 e. The van der Waals surface area contributed by atoms with E-state index in [1.54, 1.807) is 5.51 Å². The Morgan fingerprint density at radius 2 is 2.21 bits per heavy atom. The fourth-order valence-corrected chi connectivity index (χ4v) is 4.74. The van der Waals surface area contributed by atoms with Crippen molar-refractivity contribution in [3.8, 4) is 0 Å². The van der Waals surface area contributed by atoms with Crippen LogP contribution in [0.2, 0.25) is 0 Å². The largest absolute Gasteiger partial charge is 0.339 e. The number of thioether (sulfide) groups is 1. The van der Waals surface area contributed by atoms with Gasteiger partial charge < -0.3 is 4.90 Å². The van der Waals surface area contributed by atoms with Gasteiger partial charge in [-0.15, -0.1) is 10.2 Å². The second-order valence-electron chi connectivity index (χ2n) is 5.33. The minimum absolute atomic E-state index is 0.289. The average molecular weight is 297 g/mol. The first-order chi connectivity index (χ1) is 9.34. The van der Waals surface area contributed by atoms with Crippen LogP contribution in [0.1, 0.15) is 38.5 Å². The van der Waals surface area contributed by atoms with Crippen molar-refractivity contribution in [2.45, 2.75) is 48.9 Å². The van der Waals surface area contributed by atoms with Gasteiger partial charge in [0.1, 0.15) is 5.51 Å². The molecule has 1 saturated carbocycles. The van der Waals surface area contributed by atoms with Gasteiger partial charge in [-0.1, -0.05) is 35.9 Å². The van der Waals surface area contributed by atoms with Gasteiger partial charge in [0.25, 0.3) is 0 Å². The van der Waals surface area contributed by atoms with E-state index < -0.39 is 0 Å². The molecular weight excluding hydrogens is 278 g/mol. The van der Waals surface area contributed by atoms with E-state index in [1.807, 2.05) is 0 Å². The second kappa shape index (κ2) is 6.22. The summed E-state index contributed by atoms with van der Waals surface area (Å²) in [6, 6.07) is 0.519. The topological polar surface area (TPSA) is 46.1 Å². The molecule has 0 aromatic carbocycles. The lowest BCUT2D eigenvalue weighted by Crippen LogP contribution is -2.50. The molecule has 3 rings (SSSR count). The molecule has 0 N–H and O–H groups in total. The summed E-state index contributed by atoms with van der Waals surface area (Å²) in [6.07, 6.45) is 7.66. The zero-order chi connectivity index (χ0) is 13.1. The Kier molecular flexibility index (Phi) is 4.38. The number of piperidine rings is 1. The van der Waals surface area contributed by atoms with E-state index in [-0.39, 0.29) is 5.91 Å². The Morgan fingerprint density at radius 1 is 1.37 bits per heavy atom. The highest BCUT2D eigenvalue weighted by Crippen LogP contribution is 2.35. The van der Waals surface area contributed by atoms with Crippen LogP contribution < -0.4 is 0 Å². The number of fused-ring (bicyclic) bond motifs is 1. The van der Waals surface area contributed by atoms with E-state index in [2.05, 4.69) is 15.1 Å². The van der Waals surface area contributed by atoms with Gasteiger partial charge in [0.15, 0.2) is 4.34 Å². The fourth-order valence-electron chi connectivity index (χ4n) is 3.37. The SMILES string of the molecule is O=C(CSc1nncs1)N1CCCC2CCCCC21. The summed E-state index contributed by atoms with van der Waals surface area (Å²) < 4.78 is 0.894. The Bertz CT molecular complexity index is 422. The van der Waals surface area contributed by atoms with Gasteiger partial charge >= 0.3 is 0 Å². The fraction of sp³-hybridized carbons (Fsp3) is 0.769. The number of aromatic nitrogens is 2.